The summed E-state index contributed by atoms with van der Waals surface area (Å²) in [5.74, 6) is -0.863. The van der Waals surface area contributed by atoms with Crippen molar-refractivity contribution in [2.45, 2.75) is 37.4 Å². The molecule has 0 spiro atoms. The van der Waals surface area contributed by atoms with Crippen LogP contribution in [0.25, 0.3) is 0 Å². The first-order valence-corrected chi connectivity index (χ1v) is 7.19. The fourth-order valence-corrected chi connectivity index (χ4v) is 2.47. The number of hydrogen-bond acceptors (Lipinski definition) is 2. The van der Waals surface area contributed by atoms with E-state index in [4.69, 9.17) is 5.11 Å². The van der Waals surface area contributed by atoms with Crippen LogP contribution in [0.3, 0.4) is 0 Å². The Morgan fingerprint density at radius 2 is 1.78 bits per heavy atom. The highest BCUT2D eigenvalue weighted by molar-refractivity contribution is 5.75. The molecule has 1 aliphatic rings. The van der Waals surface area contributed by atoms with Crippen molar-refractivity contribution in [2.75, 3.05) is 6.54 Å². The first-order chi connectivity index (χ1) is 10.8. The van der Waals surface area contributed by atoms with Crippen LogP contribution in [0, 0.1) is 0 Å². The van der Waals surface area contributed by atoms with Gasteiger partial charge in [-0.25, -0.2) is 4.79 Å². The van der Waals surface area contributed by atoms with Crippen LogP contribution in [0.2, 0.25) is 0 Å². The van der Waals surface area contributed by atoms with Crippen LogP contribution >= 0.6 is 0 Å². The summed E-state index contributed by atoms with van der Waals surface area (Å²) in [6.45, 7) is 0.0518. The van der Waals surface area contributed by atoms with Crippen LogP contribution in [0.1, 0.15) is 36.3 Å². The van der Waals surface area contributed by atoms with E-state index >= 15 is 0 Å². The maximum atomic E-state index is 12.5. The minimum atomic E-state index is -4.34. The normalized spacial score (nSPS) is 20.5. The van der Waals surface area contributed by atoms with Crippen LogP contribution in [0.4, 0.5) is 18.0 Å². The molecule has 0 aliphatic heterocycles. The molecule has 2 amide bonds. The predicted octanol–water partition coefficient (Wildman–Crippen LogP) is 2.73. The lowest BCUT2D eigenvalue weighted by atomic mass is 9.76. The molecule has 2 rings (SSSR count). The lowest BCUT2D eigenvalue weighted by Crippen LogP contribution is -2.48. The first kappa shape index (κ1) is 17.1. The summed E-state index contributed by atoms with van der Waals surface area (Å²) in [6, 6.07) is 4.59. The van der Waals surface area contributed by atoms with Crippen molar-refractivity contribution in [2.24, 2.45) is 0 Å². The third kappa shape index (κ3) is 4.87. The Hall–Kier alpha value is -2.25. The molecule has 0 radical (unpaired) electrons. The lowest BCUT2D eigenvalue weighted by Gasteiger charge is -2.36. The number of amides is 2. The van der Waals surface area contributed by atoms with Gasteiger partial charge >= 0.3 is 18.2 Å². The number of halogens is 3. The maximum Gasteiger partial charge on any atom is 0.416 e. The van der Waals surface area contributed by atoms with E-state index in [-0.39, 0.29) is 24.9 Å². The van der Waals surface area contributed by atoms with Gasteiger partial charge in [-0.1, -0.05) is 12.1 Å². The minimum absolute atomic E-state index is 0.0490. The minimum Gasteiger partial charge on any atom is -0.481 e. The van der Waals surface area contributed by atoms with Gasteiger partial charge < -0.3 is 15.7 Å². The molecule has 1 fully saturated rings. The van der Waals surface area contributed by atoms with E-state index in [0.717, 1.165) is 17.7 Å². The zero-order valence-corrected chi connectivity index (χ0v) is 12.2. The van der Waals surface area contributed by atoms with Gasteiger partial charge in [-0.05, 0) is 36.5 Å². The zero-order chi connectivity index (χ0) is 17.0. The fraction of sp³-hybridized carbons (Fsp3) is 0.467. The Bertz CT molecular complexity index is 566. The number of nitrogens with one attached hydrogen (secondary N) is 2. The quantitative estimate of drug-likeness (QED) is 0.777. The van der Waals surface area contributed by atoms with Gasteiger partial charge in [0, 0.05) is 12.6 Å². The van der Waals surface area contributed by atoms with E-state index < -0.39 is 23.7 Å². The Morgan fingerprint density at radius 3 is 2.30 bits per heavy atom. The van der Waals surface area contributed by atoms with Crippen molar-refractivity contribution in [3.8, 4) is 0 Å². The summed E-state index contributed by atoms with van der Waals surface area (Å²) in [5, 5.41) is 13.6. The van der Waals surface area contributed by atoms with Gasteiger partial charge in [0.2, 0.25) is 0 Å². The van der Waals surface area contributed by atoms with Crippen molar-refractivity contribution in [3.63, 3.8) is 0 Å². The molecule has 1 aromatic carbocycles. The van der Waals surface area contributed by atoms with Crippen LogP contribution in [0.5, 0.6) is 0 Å². The number of benzene rings is 1. The van der Waals surface area contributed by atoms with Gasteiger partial charge in [-0.2, -0.15) is 13.2 Å². The van der Waals surface area contributed by atoms with Crippen molar-refractivity contribution < 1.29 is 27.9 Å². The fourth-order valence-electron chi connectivity index (χ4n) is 2.47. The standard InChI is InChI=1S/C15H17F3N2O3/c16-15(17,18)11-3-1-9(2-4-11)10-7-12(8-10)20-14(23)19-6-5-13(21)22/h1-4,10,12H,5-8H2,(H,21,22)(H2,19,20,23). The van der Waals surface area contributed by atoms with Gasteiger partial charge in [0.15, 0.2) is 0 Å². The third-order valence-corrected chi connectivity index (χ3v) is 3.81. The topological polar surface area (TPSA) is 78.4 Å². The Labute approximate surface area is 130 Å². The largest absolute Gasteiger partial charge is 0.481 e. The number of carbonyl (C=O) groups excluding carboxylic acids is 1. The molecule has 1 aliphatic carbocycles. The molecule has 5 nitrogen and oxygen atoms in total. The molecule has 0 unspecified atom stereocenters. The van der Waals surface area contributed by atoms with E-state index in [1.807, 2.05) is 0 Å². The summed E-state index contributed by atoms with van der Waals surface area (Å²) in [7, 11) is 0. The average Bonchev–Trinajstić information content (AvgIpc) is 2.41. The van der Waals surface area contributed by atoms with Crippen LogP contribution in [-0.4, -0.2) is 29.7 Å². The Kier molecular flexibility index (Phi) is 5.12. The van der Waals surface area contributed by atoms with Crippen LogP contribution in [-0.2, 0) is 11.0 Å². The Balaban J connectivity index is 1.74. The number of carboxylic acids is 1. The molecule has 0 heterocycles. The average molecular weight is 330 g/mol. The second-order valence-electron chi connectivity index (χ2n) is 5.53. The van der Waals surface area contributed by atoms with Gasteiger partial charge in [0.25, 0.3) is 0 Å². The number of carboxylic acid groups (broad SMARTS) is 1. The number of rotatable bonds is 5. The Morgan fingerprint density at radius 1 is 1.17 bits per heavy atom. The highest BCUT2D eigenvalue weighted by Crippen LogP contribution is 2.38. The highest BCUT2D eigenvalue weighted by atomic mass is 19.4. The monoisotopic (exact) mass is 330 g/mol. The molecule has 0 aromatic heterocycles. The highest BCUT2D eigenvalue weighted by Gasteiger charge is 2.33. The number of aliphatic carboxylic acids is 1. The number of carbonyl (C=O) groups is 2. The van der Waals surface area contributed by atoms with Crippen molar-refractivity contribution in [3.05, 3.63) is 35.4 Å². The summed E-state index contributed by atoms with van der Waals surface area (Å²) < 4.78 is 37.4. The summed E-state index contributed by atoms with van der Waals surface area (Å²) in [6.07, 6.45) is -3.18. The SMILES string of the molecule is O=C(O)CCNC(=O)NC1CC(c2ccc(C(F)(F)F)cc2)C1. The zero-order valence-electron chi connectivity index (χ0n) is 12.2. The smallest absolute Gasteiger partial charge is 0.416 e. The van der Waals surface area contributed by atoms with E-state index in [1.165, 1.54) is 12.1 Å². The predicted molar refractivity (Wildman–Crippen MR) is 76.0 cm³/mol. The molecule has 8 heteroatoms. The molecule has 0 bridgehead atoms. The van der Waals surface area contributed by atoms with Crippen LogP contribution < -0.4 is 10.6 Å². The molecule has 1 aromatic rings. The van der Waals surface area contributed by atoms with Gasteiger partial charge in [-0.15, -0.1) is 0 Å². The molecule has 126 valence electrons. The van der Waals surface area contributed by atoms with Gasteiger partial charge in [0.1, 0.15) is 0 Å². The van der Waals surface area contributed by atoms with E-state index in [9.17, 15) is 22.8 Å². The summed E-state index contributed by atoms with van der Waals surface area (Å²) in [4.78, 5) is 21.8. The van der Waals surface area contributed by atoms with Gasteiger partial charge in [-0.3, -0.25) is 4.79 Å². The second-order valence-corrected chi connectivity index (χ2v) is 5.53. The third-order valence-electron chi connectivity index (χ3n) is 3.81. The van der Waals surface area contributed by atoms with Crippen molar-refractivity contribution >= 4 is 12.0 Å². The van der Waals surface area contributed by atoms with E-state index in [1.54, 1.807) is 0 Å². The summed E-state index contributed by atoms with van der Waals surface area (Å²) in [5.41, 5.74) is 0.149. The van der Waals surface area contributed by atoms with Gasteiger partial charge in [0.05, 0.1) is 12.0 Å². The van der Waals surface area contributed by atoms with Crippen LogP contribution in [0.15, 0.2) is 24.3 Å². The van der Waals surface area contributed by atoms with E-state index in [2.05, 4.69) is 10.6 Å². The molecule has 23 heavy (non-hydrogen) atoms. The molecular formula is C15H17F3N2O3. The molecule has 0 atom stereocenters. The second kappa shape index (κ2) is 6.89. The molecule has 3 N–H and O–H groups in total. The van der Waals surface area contributed by atoms with Crippen molar-refractivity contribution in [1.29, 1.82) is 0 Å². The number of urea groups is 1. The van der Waals surface area contributed by atoms with Crippen molar-refractivity contribution in [1.82, 2.24) is 10.6 Å². The molecule has 1 saturated carbocycles. The van der Waals surface area contributed by atoms with E-state index in [0.29, 0.717) is 12.8 Å². The molecule has 0 saturated heterocycles. The molecular weight excluding hydrogens is 313 g/mol. The first-order valence-electron chi connectivity index (χ1n) is 7.19. The number of alkyl halides is 3. The lowest BCUT2D eigenvalue weighted by molar-refractivity contribution is -0.138. The summed E-state index contributed by atoms with van der Waals surface area (Å²) >= 11 is 0. The number of hydrogen-bond donors (Lipinski definition) is 3. The maximum absolute atomic E-state index is 12.5.